The van der Waals surface area contributed by atoms with Gasteiger partial charge in [0, 0.05) is 98.5 Å². The molecular weight excluding hydrogens is 1190 g/mol. The Morgan fingerprint density at radius 3 is 1.43 bits per heavy atom. The average molecular weight is 1250 g/mol. The highest BCUT2D eigenvalue weighted by atomic mass is 15.1. The predicted molar refractivity (Wildman–Crippen MR) is 408 cm³/mol. The van der Waals surface area contributed by atoms with Crippen LogP contribution in [0, 0.1) is 0 Å². The first-order valence-corrected chi connectivity index (χ1v) is 33.6. The van der Waals surface area contributed by atoms with Crippen molar-refractivity contribution in [2.75, 3.05) is 0 Å². The summed E-state index contributed by atoms with van der Waals surface area (Å²) in [7, 11) is 0. The second-order valence-electron chi connectivity index (χ2n) is 26.4. The molecule has 23 aromatic rings. The molecule has 0 saturated carbocycles. The lowest BCUT2D eigenvalue weighted by molar-refractivity contribution is 1.17. The zero-order valence-corrected chi connectivity index (χ0v) is 52.6. The van der Waals surface area contributed by atoms with Gasteiger partial charge in [0.1, 0.15) is 11.3 Å². The van der Waals surface area contributed by atoms with Crippen LogP contribution in [0.5, 0.6) is 0 Å². The van der Waals surface area contributed by atoms with Gasteiger partial charge in [-0.2, -0.15) is 0 Å². The Kier molecular flexibility index (Phi) is 10.2. The molecular formula is C90H52N8. The Morgan fingerprint density at radius 2 is 0.673 bits per heavy atom. The number of aromatic nitrogens is 8. The summed E-state index contributed by atoms with van der Waals surface area (Å²) in [5, 5.41) is 17.0. The van der Waals surface area contributed by atoms with Crippen molar-refractivity contribution in [1.82, 2.24) is 37.0 Å². The number of para-hydroxylation sites is 4. The molecule has 0 fully saturated rings. The van der Waals surface area contributed by atoms with Crippen LogP contribution in [0.25, 0.3) is 209 Å². The van der Waals surface area contributed by atoms with Gasteiger partial charge in [-0.15, -0.1) is 0 Å². The number of rotatable bonds is 7. The lowest BCUT2D eigenvalue weighted by Crippen LogP contribution is -1.96. The van der Waals surface area contributed by atoms with Gasteiger partial charge < -0.3 is 18.3 Å². The van der Waals surface area contributed by atoms with E-state index < -0.39 is 0 Å². The minimum Gasteiger partial charge on any atom is -0.309 e. The topological polar surface area (TPSA) is 54.3 Å². The summed E-state index contributed by atoms with van der Waals surface area (Å²) >= 11 is 0. The zero-order valence-electron chi connectivity index (χ0n) is 52.6. The molecule has 98 heavy (non-hydrogen) atoms. The smallest absolute Gasteiger partial charge is 0.139 e. The Hall–Kier alpha value is -13.3. The summed E-state index contributed by atoms with van der Waals surface area (Å²) in [6, 6.07) is 116. The predicted octanol–water partition coefficient (Wildman–Crippen LogP) is 23.0. The van der Waals surface area contributed by atoms with Crippen LogP contribution in [0.1, 0.15) is 0 Å². The molecule has 23 rings (SSSR count). The van der Waals surface area contributed by atoms with Gasteiger partial charge in [-0.05, 0) is 131 Å². The summed E-state index contributed by atoms with van der Waals surface area (Å²) in [6.07, 6.45) is 0. The van der Waals surface area contributed by atoms with E-state index in [0.29, 0.717) is 0 Å². The number of pyridine rings is 2. The standard InChI is InChI=1S/C90H52N8/c1-4-21-54(22-5-1)85-90-71-52-61(94-74-35-17-15-33-69(74)84-77(94)47-44-70-82-62-29-11-10-20-53(62)39-45-75(82)95(88(70)84)58-24-6-2-7-25-58)40-42-65(71)79-50-57(51-81(92-85)98(79)90)55-38-41-64-67-43-46-76-83(87(67)96(78(64)49-55)59-26-8-3-9-27-59)68-32-14-16-34-73(68)93(76)60-28-18-23-56(48-60)86-89-66-31-13-12-30-63(66)72-36-19-37-80(91-86)97(72)89/h1-52H. The molecule has 13 aromatic carbocycles. The third-order valence-electron chi connectivity index (χ3n) is 21.4. The van der Waals surface area contributed by atoms with Crippen LogP contribution in [0.3, 0.4) is 0 Å². The lowest BCUT2D eigenvalue weighted by Gasteiger charge is -2.11. The third kappa shape index (κ3) is 6.86. The molecule has 10 aromatic heterocycles. The fourth-order valence-electron chi connectivity index (χ4n) is 17.4. The van der Waals surface area contributed by atoms with Gasteiger partial charge in [0.15, 0.2) is 0 Å². The van der Waals surface area contributed by atoms with Crippen molar-refractivity contribution in [2.24, 2.45) is 0 Å². The van der Waals surface area contributed by atoms with Crippen LogP contribution < -0.4 is 0 Å². The van der Waals surface area contributed by atoms with Gasteiger partial charge in [-0.3, -0.25) is 8.80 Å². The van der Waals surface area contributed by atoms with E-state index in [1.165, 1.54) is 92.1 Å². The molecule has 0 unspecified atom stereocenters. The van der Waals surface area contributed by atoms with Crippen molar-refractivity contribution in [3.63, 3.8) is 0 Å². The molecule has 0 radical (unpaired) electrons. The SMILES string of the molecule is c1ccc(-c2nc3cc(-c4ccc5c6ccc7c(c8ccccc8n7-c7cccc(-c8nc9cccc%10c%11ccccc%11c8n9%10)c7)c6n(-c6ccccc6)c5c4)cc4c5ccc(-n6c7ccccc7c7c6ccc6c8c9ccccc9ccc8n(-c8ccccc8)c67)cc5c2n34)cc1. The van der Waals surface area contributed by atoms with Gasteiger partial charge in [0.25, 0.3) is 0 Å². The summed E-state index contributed by atoms with van der Waals surface area (Å²) in [4.78, 5) is 11.0. The van der Waals surface area contributed by atoms with Crippen molar-refractivity contribution < 1.29 is 0 Å². The second kappa shape index (κ2) is 19.2. The molecule has 10 heterocycles. The van der Waals surface area contributed by atoms with Crippen LogP contribution in [-0.4, -0.2) is 37.0 Å². The summed E-state index contributed by atoms with van der Waals surface area (Å²) < 4.78 is 14.7. The van der Waals surface area contributed by atoms with Crippen molar-refractivity contribution in [2.45, 2.75) is 0 Å². The van der Waals surface area contributed by atoms with E-state index in [2.05, 4.69) is 343 Å². The molecule has 8 nitrogen and oxygen atoms in total. The van der Waals surface area contributed by atoms with Crippen molar-refractivity contribution in [3.05, 3.63) is 315 Å². The third-order valence-corrected chi connectivity index (χ3v) is 21.4. The molecule has 0 atom stereocenters. The van der Waals surface area contributed by atoms with Crippen LogP contribution >= 0.6 is 0 Å². The van der Waals surface area contributed by atoms with Crippen LogP contribution in [0.2, 0.25) is 0 Å². The molecule has 0 aliphatic rings. The Balaban J connectivity index is 0.725. The first kappa shape index (κ1) is 52.1. The molecule has 0 bridgehead atoms. The van der Waals surface area contributed by atoms with Gasteiger partial charge in [0.05, 0.1) is 77.6 Å². The highest BCUT2D eigenvalue weighted by Gasteiger charge is 2.28. The maximum atomic E-state index is 5.63. The molecule has 0 aliphatic heterocycles. The number of hydrogen-bond acceptors (Lipinski definition) is 2. The fraction of sp³-hybridized carbons (Fsp3) is 0. The number of fused-ring (bicyclic) bond motifs is 22. The van der Waals surface area contributed by atoms with Crippen LogP contribution in [0.4, 0.5) is 0 Å². The number of benzene rings is 13. The molecule has 8 heteroatoms. The monoisotopic (exact) mass is 1240 g/mol. The molecule has 0 saturated heterocycles. The lowest BCUT2D eigenvalue weighted by atomic mass is 10.0. The van der Waals surface area contributed by atoms with E-state index in [4.69, 9.17) is 9.97 Å². The largest absolute Gasteiger partial charge is 0.309 e. The first-order chi connectivity index (χ1) is 48.6. The average Bonchev–Trinajstić information content (AvgIpc) is 1.55. The maximum absolute atomic E-state index is 5.63. The Bertz CT molecular complexity index is 7340. The van der Waals surface area contributed by atoms with Gasteiger partial charge in [-0.1, -0.05) is 206 Å². The van der Waals surface area contributed by atoms with Crippen molar-refractivity contribution in [3.8, 4) is 56.4 Å². The summed E-state index contributed by atoms with van der Waals surface area (Å²) in [5.74, 6) is 0. The summed E-state index contributed by atoms with van der Waals surface area (Å²) in [6.45, 7) is 0. The first-order valence-electron chi connectivity index (χ1n) is 33.6. The quantitative estimate of drug-likeness (QED) is 0.160. The molecule has 0 spiro atoms. The number of hydrogen-bond donors (Lipinski definition) is 0. The highest BCUT2D eigenvalue weighted by molar-refractivity contribution is 6.31. The Morgan fingerprint density at radius 1 is 0.194 bits per heavy atom. The van der Waals surface area contributed by atoms with Crippen LogP contribution in [0.15, 0.2) is 315 Å². The van der Waals surface area contributed by atoms with E-state index in [1.807, 2.05) is 0 Å². The fourth-order valence-corrected chi connectivity index (χ4v) is 17.4. The van der Waals surface area contributed by atoms with E-state index in [1.54, 1.807) is 0 Å². The van der Waals surface area contributed by atoms with Crippen LogP contribution in [-0.2, 0) is 0 Å². The number of nitrogens with zero attached hydrogens (tertiary/aromatic N) is 8. The number of imidazole rings is 2. The van der Waals surface area contributed by atoms with E-state index in [0.717, 1.165) is 117 Å². The zero-order chi connectivity index (χ0) is 63.6. The summed E-state index contributed by atoms with van der Waals surface area (Å²) in [5.41, 5.74) is 26.5. The van der Waals surface area contributed by atoms with Gasteiger partial charge in [0.2, 0.25) is 0 Å². The van der Waals surface area contributed by atoms with Gasteiger partial charge in [-0.25, -0.2) is 9.97 Å². The molecule has 0 N–H and O–H groups in total. The van der Waals surface area contributed by atoms with Crippen molar-refractivity contribution in [1.29, 1.82) is 0 Å². The van der Waals surface area contributed by atoms with Gasteiger partial charge >= 0.3 is 0 Å². The molecule has 0 amide bonds. The molecule has 0 aliphatic carbocycles. The maximum Gasteiger partial charge on any atom is 0.139 e. The van der Waals surface area contributed by atoms with Crippen molar-refractivity contribution >= 4 is 153 Å². The van der Waals surface area contributed by atoms with E-state index in [-0.39, 0.29) is 0 Å². The highest BCUT2D eigenvalue weighted by Crippen LogP contribution is 2.49. The minimum atomic E-state index is 0.909. The normalized spacial score (nSPS) is 12.5. The van der Waals surface area contributed by atoms with E-state index in [9.17, 15) is 0 Å². The van der Waals surface area contributed by atoms with E-state index >= 15 is 0 Å². The molecule has 452 valence electrons. The Labute approximate surface area is 558 Å². The second-order valence-corrected chi connectivity index (χ2v) is 26.4. The minimum absolute atomic E-state index is 0.909.